The maximum atomic E-state index is 4.73. The fourth-order valence-electron chi connectivity index (χ4n) is 2.66. The molecule has 1 fully saturated rings. The van der Waals surface area contributed by atoms with Gasteiger partial charge in [0.05, 0.1) is 0 Å². The second kappa shape index (κ2) is 9.15. The van der Waals surface area contributed by atoms with Crippen LogP contribution in [0.5, 0.6) is 0 Å². The predicted molar refractivity (Wildman–Crippen MR) is 97.9 cm³/mol. The molecule has 1 saturated carbocycles. The molecule has 2 N–H and O–H groups in total. The van der Waals surface area contributed by atoms with Crippen LogP contribution in [0.4, 0.5) is 0 Å². The zero-order valence-electron chi connectivity index (χ0n) is 14.8. The monoisotopic (exact) mass is 338 g/mol. The third-order valence-corrected chi connectivity index (χ3v) is 5.44. The lowest BCUT2D eigenvalue weighted by molar-refractivity contribution is 0.409. The summed E-state index contributed by atoms with van der Waals surface area (Å²) < 4.78 is 1.99. The van der Waals surface area contributed by atoms with Crippen molar-refractivity contribution in [3.05, 3.63) is 11.6 Å². The van der Waals surface area contributed by atoms with Gasteiger partial charge in [0.2, 0.25) is 0 Å². The molecule has 0 radical (unpaired) electrons. The van der Waals surface area contributed by atoms with Crippen molar-refractivity contribution in [1.82, 2.24) is 25.4 Å². The number of nitrogens with zero attached hydrogens (tertiary/aromatic N) is 4. The summed E-state index contributed by atoms with van der Waals surface area (Å²) in [6.07, 6.45) is 8.60. The molecule has 7 heteroatoms. The first-order chi connectivity index (χ1) is 11.1. The van der Waals surface area contributed by atoms with Gasteiger partial charge in [0.15, 0.2) is 11.8 Å². The van der Waals surface area contributed by atoms with E-state index < -0.39 is 0 Å². The van der Waals surface area contributed by atoms with Crippen molar-refractivity contribution in [2.75, 3.05) is 12.8 Å². The molecule has 1 aliphatic rings. The lowest BCUT2D eigenvalue weighted by Gasteiger charge is -2.25. The number of hydrogen-bond acceptors (Lipinski definition) is 4. The van der Waals surface area contributed by atoms with Gasteiger partial charge in [0, 0.05) is 24.9 Å². The van der Waals surface area contributed by atoms with Gasteiger partial charge in [0.1, 0.15) is 12.4 Å². The van der Waals surface area contributed by atoms with E-state index in [1.807, 2.05) is 30.3 Å². The van der Waals surface area contributed by atoms with Crippen LogP contribution in [-0.2, 0) is 13.6 Å². The summed E-state index contributed by atoms with van der Waals surface area (Å²) >= 11 is 1.86. The van der Waals surface area contributed by atoms with E-state index in [0.29, 0.717) is 17.8 Å². The maximum Gasteiger partial charge on any atom is 0.191 e. The van der Waals surface area contributed by atoms with Gasteiger partial charge >= 0.3 is 0 Å². The lowest BCUT2D eigenvalue weighted by atomic mass is 9.96. The number of aromatic nitrogens is 3. The summed E-state index contributed by atoms with van der Waals surface area (Å²) in [5.41, 5.74) is 0. The van der Waals surface area contributed by atoms with Crippen molar-refractivity contribution >= 4 is 17.7 Å². The van der Waals surface area contributed by atoms with Crippen LogP contribution in [0.2, 0.25) is 0 Å². The molecule has 1 atom stereocenters. The second-order valence-electron chi connectivity index (χ2n) is 6.29. The average Bonchev–Trinajstić information content (AvgIpc) is 2.89. The molecule has 0 bridgehead atoms. The Morgan fingerprint density at radius 3 is 2.70 bits per heavy atom. The molecule has 23 heavy (non-hydrogen) atoms. The molecule has 2 rings (SSSR count). The molecular weight excluding hydrogens is 308 g/mol. The lowest BCUT2D eigenvalue weighted by Crippen LogP contribution is -2.45. The Kier molecular flexibility index (Phi) is 7.20. The Balaban J connectivity index is 1.98. The normalized spacial score (nSPS) is 18.0. The maximum absolute atomic E-state index is 4.73. The molecule has 1 heterocycles. The van der Waals surface area contributed by atoms with E-state index in [1.54, 1.807) is 0 Å². The van der Waals surface area contributed by atoms with E-state index in [-0.39, 0.29) is 0 Å². The van der Waals surface area contributed by atoms with E-state index in [1.165, 1.54) is 32.1 Å². The molecule has 1 aliphatic carbocycles. The Bertz CT molecular complexity index is 507. The van der Waals surface area contributed by atoms with E-state index in [9.17, 15) is 0 Å². The zero-order chi connectivity index (χ0) is 16.7. The Labute approximate surface area is 143 Å². The van der Waals surface area contributed by atoms with E-state index >= 15 is 0 Å². The summed E-state index contributed by atoms with van der Waals surface area (Å²) in [6.45, 7) is 5.65. The average molecular weight is 339 g/mol. The summed E-state index contributed by atoms with van der Waals surface area (Å²) in [4.78, 5) is 4.73. The minimum absolute atomic E-state index is 0.542. The third-order valence-electron chi connectivity index (χ3n) is 4.47. The molecule has 0 saturated heterocycles. The molecule has 0 aromatic carbocycles. The predicted octanol–water partition coefficient (Wildman–Crippen LogP) is 2.24. The summed E-state index contributed by atoms with van der Waals surface area (Å²) in [5, 5.41) is 15.9. The first kappa shape index (κ1) is 18.1. The highest BCUT2D eigenvalue weighted by Gasteiger charge is 2.15. The molecule has 1 unspecified atom stereocenters. The van der Waals surface area contributed by atoms with Gasteiger partial charge in [-0.15, -0.1) is 10.2 Å². The Hall–Kier alpha value is -1.24. The molecule has 1 aromatic rings. The number of hydrogen-bond donors (Lipinski definition) is 2. The van der Waals surface area contributed by atoms with Gasteiger partial charge in [-0.25, -0.2) is 4.99 Å². The highest BCUT2D eigenvalue weighted by Crippen LogP contribution is 2.17. The number of rotatable bonds is 6. The minimum atomic E-state index is 0.542. The first-order valence-corrected chi connectivity index (χ1v) is 9.81. The van der Waals surface area contributed by atoms with Gasteiger partial charge in [-0.05, 0) is 26.0 Å². The van der Waals surface area contributed by atoms with Crippen LogP contribution in [0.25, 0.3) is 0 Å². The molecule has 0 aliphatic heterocycles. The van der Waals surface area contributed by atoms with E-state index in [4.69, 9.17) is 4.99 Å². The van der Waals surface area contributed by atoms with E-state index in [2.05, 4.69) is 34.0 Å². The number of aryl methyl sites for hydroxylation is 1. The smallest absolute Gasteiger partial charge is 0.191 e. The van der Waals surface area contributed by atoms with Crippen LogP contribution in [0.3, 0.4) is 0 Å². The highest BCUT2D eigenvalue weighted by molar-refractivity contribution is 7.99. The Morgan fingerprint density at radius 1 is 1.35 bits per heavy atom. The van der Waals surface area contributed by atoms with Crippen molar-refractivity contribution in [3.8, 4) is 0 Å². The number of thioether (sulfide) groups is 1. The number of aliphatic imine (C=N–C) groups is 1. The van der Waals surface area contributed by atoms with Gasteiger partial charge in [-0.1, -0.05) is 26.2 Å². The van der Waals surface area contributed by atoms with Crippen LogP contribution in [0, 0.1) is 6.92 Å². The molecule has 6 nitrogen and oxygen atoms in total. The van der Waals surface area contributed by atoms with Crippen molar-refractivity contribution in [1.29, 1.82) is 0 Å². The van der Waals surface area contributed by atoms with Crippen molar-refractivity contribution < 1.29 is 0 Å². The van der Waals surface area contributed by atoms with Crippen LogP contribution in [-0.4, -0.2) is 44.8 Å². The molecule has 0 amide bonds. The van der Waals surface area contributed by atoms with Crippen LogP contribution >= 0.6 is 11.8 Å². The van der Waals surface area contributed by atoms with Crippen molar-refractivity contribution in [3.63, 3.8) is 0 Å². The third kappa shape index (κ3) is 5.71. The fraction of sp³-hybridized carbons (Fsp3) is 0.812. The molecular formula is C16H30N6S. The molecule has 1 aromatic heterocycles. The molecule has 0 spiro atoms. The van der Waals surface area contributed by atoms with E-state index in [0.717, 1.165) is 24.2 Å². The fourth-order valence-corrected chi connectivity index (χ4v) is 2.91. The quantitative estimate of drug-likeness (QED) is 0.615. The standard InChI is InChI=1S/C16H30N6S/c1-12(23-4)10-17-16(19-14-8-6-5-7-9-14)18-11-15-21-20-13(2)22(15)3/h12,14H,5-11H2,1-4H3,(H2,17,18,19). The van der Waals surface area contributed by atoms with Crippen molar-refractivity contribution in [2.24, 2.45) is 12.0 Å². The summed E-state index contributed by atoms with van der Waals surface area (Å²) in [5.74, 6) is 2.71. The van der Waals surface area contributed by atoms with Crippen LogP contribution < -0.4 is 10.6 Å². The largest absolute Gasteiger partial charge is 0.355 e. The topological polar surface area (TPSA) is 67.1 Å². The van der Waals surface area contributed by atoms with Gasteiger partial charge < -0.3 is 15.2 Å². The second-order valence-corrected chi connectivity index (χ2v) is 7.57. The Morgan fingerprint density at radius 2 is 2.09 bits per heavy atom. The van der Waals surface area contributed by atoms with Crippen LogP contribution in [0.15, 0.2) is 4.99 Å². The highest BCUT2D eigenvalue weighted by atomic mass is 32.2. The van der Waals surface area contributed by atoms with Gasteiger partial charge in [-0.3, -0.25) is 0 Å². The number of nitrogens with one attached hydrogen (secondary N) is 2. The van der Waals surface area contributed by atoms with Crippen molar-refractivity contribution in [2.45, 2.75) is 63.8 Å². The number of guanidine groups is 1. The molecule has 130 valence electrons. The summed E-state index contributed by atoms with van der Waals surface area (Å²) in [6, 6.07) is 0.542. The van der Waals surface area contributed by atoms with Crippen LogP contribution in [0.1, 0.15) is 50.7 Å². The summed E-state index contributed by atoms with van der Waals surface area (Å²) in [7, 11) is 1.98. The van der Waals surface area contributed by atoms with Gasteiger partial charge in [0.25, 0.3) is 0 Å². The SMILES string of the molecule is CSC(C)CNC(=NCc1nnc(C)n1C)NC1CCCCC1. The first-order valence-electron chi connectivity index (χ1n) is 8.52. The van der Waals surface area contributed by atoms with Gasteiger partial charge in [-0.2, -0.15) is 11.8 Å². The minimum Gasteiger partial charge on any atom is -0.355 e. The zero-order valence-corrected chi connectivity index (χ0v) is 15.6.